The standard InChI is InChI=1S/C23H29N5O6S/c24-22-20-12-19(10-11-21(20)26-27-22)35(31,32)28(34-18-8-4-5-9-18)14-17(29)13-25-23(30)33-15-16-6-2-1-3-7-16/h1-3,6-7,10-12,17-18,29H,4-5,8-9,13-15H2,(H,25,30)(H3,24,26,27). The molecule has 1 fully saturated rings. The molecule has 1 atom stereocenters. The number of aromatic nitrogens is 2. The number of carbonyl (C=O) groups excluding carboxylic acids is 1. The topological polar surface area (TPSA) is 160 Å². The van der Waals surface area contributed by atoms with Crippen molar-refractivity contribution >= 4 is 32.8 Å². The van der Waals surface area contributed by atoms with Crippen molar-refractivity contribution in [3.05, 3.63) is 54.1 Å². The van der Waals surface area contributed by atoms with Crippen molar-refractivity contribution in [1.82, 2.24) is 20.0 Å². The van der Waals surface area contributed by atoms with E-state index in [9.17, 15) is 18.3 Å². The minimum absolute atomic E-state index is 0.0430. The number of nitrogens with zero attached hydrogens (tertiary/aromatic N) is 2. The fraction of sp³-hybridized carbons (Fsp3) is 0.391. The Hall–Kier alpha value is -3.19. The first kappa shape index (κ1) is 24.9. The van der Waals surface area contributed by atoms with E-state index in [1.807, 2.05) is 30.3 Å². The van der Waals surface area contributed by atoms with Crippen LogP contribution in [-0.2, 0) is 26.2 Å². The van der Waals surface area contributed by atoms with E-state index in [0.717, 1.165) is 35.7 Å². The van der Waals surface area contributed by atoms with E-state index in [1.165, 1.54) is 12.1 Å². The molecule has 0 spiro atoms. The van der Waals surface area contributed by atoms with Crippen LogP contribution in [0.15, 0.2) is 53.4 Å². The van der Waals surface area contributed by atoms with E-state index in [1.54, 1.807) is 6.07 Å². The molecule has 1 aromatic heterocycles. The number of carbonyl (C=O) groups is 1. The van der Waals surface area contributed by atoms with Gasteiger partial charge in [0.1, 0.15) is 6.61 Å². The molecular weight excluding hydrogens is 474 g/mol. The van der Waals surface area contributed by atoms with Crippen molar-refractivity contribution in [1.29, 1.82) is 0 Å². The number of H-pyrrole nitrogens is 1. The molecule has 1 heterocycles. The quantitative estimate of drug-likeness (QED) is 0.307. The van der Waals surface area contributed by atoms with E-state index < -0.39 is 22.2 Å². The summed E-state index contributed by atoms with van der Waals surface area (Å²) in [5.41, 5.74) is 7.25. The highest BCUT2D eigenvalue weighted by Crippen LogP contribution is 2.28. The van der Waals surface area contributed by atoms with Crippen molar-refractivity contribution < 1.29 is 27.9 Å². The second-order valence-corrected chi connectivity index (χ2v) is 10.2. The third kappa shape index (κ3) is 6.28. The van der Waals surface area contributed by atoms with Crippen LogP contribution in [0.1, 0.15) is 31.2 Å². The van der Waals surface area contributed by atoms with Crippen molar-refractivity contribution in [2.24, 2.45) is 0 Å². The summed E-state index contributed by atoms with van der Waals surface area (Å²) in [6, 6.07) is 13.6. The molecule has 11 nitrogen and oxygen atoms in total. The molecule has 1 aliphatic carbocycles. The lowest BCUT2D eigenvalue weighted by Gasteiger charge is -2.27. The number of nitrogens with two attached hydrogens (primary N) is 1. The molecule has 1 aliphatic rings. The van der Waals surface area contributed by atoms with Gasteiger partial charge in [0.2, 0.25) is 0 Å². The number of rotatable bonds is 10. The third-order valence-electron chi connectivity index (χ3n) is 5.75. The summed E-state index contributed by atoms with van der Waals surface area (Å²) in [6.07, 6.45) is 1.09. The highest BCUT2D eigenvalue weighted by molar-refractivity contribution is 7.89. The highest BCUT2D eigenvalue weighted by Gasteiger charge is 2.32. The number of hydroxylamine groups is 1. The van der Waals surface area contributed by atoms with Crippen molar-refractivity contribution in [3.63, 3.8) is 0 Å². The Morgan fingerprint density at radius 3 is 2.71 bits per heavy atom. The number of hydrogen-bond acceptors (Lipinski definition) is 8. The number of anilines is 1. The minimum Gasteiger partial charge on any atom is -0.445 e. The maximum absolute atomic E-state index is 13.4. The lowest BCUT2D eigenvalue weighted by atomic mass is 10.2. The molecule has 0 saturated heterocycles. The minimum atomic E-state index is -4.14. The zero-order valence-electron chi connectivity index (χ0n) is 19.1. The number of sulfonamides is 1. The Labute approximate surface area is 203 Å². The van der Waals surface area contributed by atoms with E-state index in [-0.39, 0.29) is 36.5 Å². The van der Waals surface area contributed by atoms with Gasteiger partial charge in [0.25, 0.3) is 10.0 Å². The number of hydrogen-bond donors (Lipinski definition) is 4. The normalized spacial score (nSPS) is 15.5. The number of nitrogens with one attached hydrogen (secondary N) is 2. The lowest BCUT2D eigenvalue weighted by Crippen LogP contribution is -2.44. The molecule has 35 heavy (non-hydrogen) atoms. The van der Waals surface area contributed by atoms with Gasteiger partial charge in [-0.05, 0) is 36.6 Å². The Bertz CT molecular complexity index is 1240. The van der Waals surface area contributed by atoms with Crippen molar-refractivity contribution in [2.45, 2.75) is 49.4 Å². The number of benzene rings is 2. The maximum Gasteiger partial charge on any atom is 0.407 e. The van der Waals surface area contributed by atoms with E-state index in [2.05, 4.69) is 15.5 Å². The zero-order valence-corrected chi connectivity index (χ0v) is 19.9. The average Bonchev–Trinajstić information content (AvgIpc) is 3.51. The number of nitrogen functional groups attached to an aromatic ring is 1. The van der Waals surface area contributed by atoms with Gasteiger partial charge in [-0.3, -0.25) is 9.94 Å². The second kappa shape index (κ2) is 11.0. The van der Waals surface area contributed by atoms with Gasteiger partial charge in [0.05, 0.1) is 29.2 Å². The number of alkyl carbamates (subject to hydrolysis) is 1. The van der Waals surface area contributed by atoms with Crippen LogP contribution < -0.4 is 11.1 Å². The smallest absolute Gasteiger partial charge is 0.407 e. The lowest BCUT2D eigenvalue weighted by molar-refractivity contribution is -0.142. The average molecular weight is 504 g/mol. The van der Waals surface area contributed by atoms with Gasteiger partial charge < -0.3 is 20.9 Å². The zero-order chi connectivity index (χ0) is 24.8. The first-order valence-electron chi connectivity index (χ1n) is 11.4. The van der Waals surface area contributed by atoms with Gasteiger partial charge in [-0.1, -0.05) is 47.6 Å². The summed E-state index contributed by atoms with van der Waals surface area (Å²) >= 11 is 0. The van der Waals surface area contributed by atoms with E-state index in [4.69, 9.17) is 15.3 Å². The molecular formula is C23H29N5O6S. The van der Waals surface area contributed by atoms with Gasteiger partial charge in [0.15, 0.2) is 5.82 Å². The summed E-state index contributed by atoms with van der Waals surface area (Å²) in [4.78, 5) is 17.8. The molecule has 0 aliphatic heterocycles. The van der Waals surface area contributed by atoms with Crippen LogP contribution in [0.4, 0.5) is 10.6 Å². The van der Waals surface area contributed by atoms with Crippen LogP contribution in [0.2, 0.25) is 0 Å². The molecule has 12 heteroatoms. The van der Waals surface area contributed by atoms with Gasteiger partial charge in [-0.2, -0.15) is 5.10 Å². The Morgan fingerprint density at radius 2 is 1.97 bits per heavy atom. The monoisotopic (exact) mass is 503 g/mol. The van der Waals surface area contributed by atoms with Gasteiger partial charge in [-0.15, -0.1) is 0 Å². The SMILES string of the molecule is Nc1n[nH]c2ccc(S(=O)(=O)N(CC(O)CNC(=O)OCc3ccccc3)OC3CCCC3)cc12. The fourth-order valence-electron chi connectivity index (χ4n) is 3.86. The Balaban J connectivity index is 1.41. The molecule has 1 saturated carbocycles. The molecule has 3 aromatic rings. The largest absolute Gasteiger partial charge is 0.445 e. The summed E-state index contributed by atoms with van der Waals surface area (Å²) in [5.74, 6) is 0.179. The first-order chi connectivity index (χ1) is 16.8. The van der Waals surface area contributed by atoms with Crippen LogP contribution >= 0.6 is 0 Å². The van der Waals surface area contributed by atoms with Crippen LogP contribution in [0, 0.1) is 0 Å². The summed E-state index contributed by atoms with van der Waals surface area (Å²) in [7, 11) is -4.14. The maximum atomic E-state index is 13.4. The van der Waals surface area contributed by atoms with Crippen LogP contribution in [0.3, 0.4) is 0 Å². The Kier molecular flexibility index (Phi) is 7.86. The van der Waals surface area contributed by atoms with Gasteiger partial charge in [-0.25, -0.2) is 13.2 Å². The third-order valence-corrected chi connectivity index (χ3v) is 7.37. The molecule has 0 radical (unpaired) electrons. The molecule has 2 aromatic carbocycles. The van der Waals surface area contributed by atoms with Gasteiger partial charge in [0, 0.05) is 11.9 Å². The molecule has 188 valence electrons. The summed E-state index contributed by atoms with van der Waals surface area (Å²) in [5, 5.41) is 20.1. The number of aliphatic hydroxyl groups excluding tert-OH is 1. The predicted octanol–water partition coefficient (Wildman–Crippen LogP) is 2.30. The second-order valence-electron chi connectivity index (χ2n) is 8.41. The number of ether oxygens (including phenoxy) is 1. The Morgan fingerprint density at radius 1 is 1.23 bits per heavy atom. The van der Waals surface area contributed by atoms with Gasteiger partial charge >= 0.3 is 6.09 Å². The highest BCUT2D eigenvalue weighted by atomic mass is 32.2. The molecule has 4 rings (SSSR count). The van der Waals surface area contributed by atoms with Crippen molar-refractivity contribution in [2.75, 3.05) is 18.8 Å². The molecule has 1 amide bonds. The predicted molar refractivity (Wildman–Crippen MR) is 128 cm³/mol. The van der Waals surface area contributed by atoms with E-state index >= 15 is 0 Å². The number of aliphatic hydroxyl groups is 1. The molecule has 0 bridgehead atoms. The van der Waals surface area contributed by atoms with E-state index in [0.29, 0.717) is 10.9 Å². The first-order valence-corrected chi connectivity index (χ1v) is 12.8. The number of fused-ring (bicyclic) bond motifs is 1. The molecule has 1 unspecified atom stereocenters. The van der Waals surface area contributed by atoms with Crippen molar-refractivity contribution in [3.8, 4) is 0 Å². The summed E-state index contributed by atoms with van der Waals surface area (Å²) in [6.45, 7) is -0.522. The number of amides is 1. The van der Waals surface area contributed by atoms with Crippen LogP contribution in [0.25, 0.3) is 10.9 Å². The van der Waals surface area contributed by atoms with Crippen LogP contribution in [0.5, 0.6) is 0 Å². The molecule has 5 N–H and O–H groups in total. The summed E-state index contributed by atoms with van der Waals surface area (Å²) < 4.78 is 32.8. The number of aromatic amines is 1. The van der Waals surface area contributed by atoms with Crippen LogP contribution in [-0.4, -0.2) is 59.6 Å². The fourth-order valence-corrected chi connectivity index (χ4v) is 5.21.